The summed E-state index contributed by atoms with van der Waals surface area (Å²) in [6.07, 6.45) is 4.12. The lowest BCUT2D eigenvalue weighted by molar-refractivity contribution is 0.319. The Morgan fingerprint density at radius 2 is 1.93 bits per heavy atom. The van der Waals surface area contributed by atoms with Gasteiger partial charge in [0.25, 0.3) is 0 Å². The molecular formula is C21H14Cl2N6O. The predicted octanol–water partition coefficient (Wildman–Crippen LogP) is 4.18. The fraction of sp³-hybridized carbons (Fsp3) is 0.143. The van der Waals surface area contributed by atoms with Gasteiger partial charge in [-0.25, -0.2) is 14.7 Å². The summed E-state index contributed by atoms with van der Waals surface area (Å²) in [6, 6.07) is 13.3. The molecule has 7 nitrogen and oxygen atoms in total. The number of nitrogens with zero attached hydrogens (tertiary/aromatic N) is 6. The molecule has 2 aliphatic heterocycles. The number of halogens is 2. The van der Waals surface area contributed by atoms with Crippen molar-refractivity contribution in [2.24, 2.45) is 4.99 Å². The molecule has 0 radical (unpaired) electrons. The fourth-order valence-electron chi connectivity index (χ4n) is 3.94. The summed E-state index contributed by atoms with van der Waals surface area (Å²) in [7, 11) is 0. The lowest BCUT2D eigenvalue weighted by Crippen LogP contribution is -2.08. The van der Waals surface area contributed by atoms with Crippen molar-refractivity contribution in [2.45, 2.75) is 12.5 Å². The van der Waals surface area contributed by atoms with Crippen molar-refractivity contribution in [1.82, 2.24) is 24.5 Å². The third kappa shape index (κ3) is 2.74. The van der Waals surface area contributed by atoms with Crippen molar-refractivity contribution < 1.29 is 4.74 Å². The summed E-state index contributed by atoms with van der Waals surface area (Å²) in [5.74, 6) is 0.533. The molecule has 30 heavy (non-hydrogen) atoms. The molecule has 0 aliphatic carbocycles. The van der Waals surface area contributed by atoms with E-state index in [9.17, 15) is 0 Å². The molecule has 6 rings (SSSR count). The highest BCUT2D eigenvalue weighted by molar-refractivity contribution is 6.31. The maximum absolute atomic E-state index is 6.25. The number of benzene rings is 2. The van der Waals surface area contributed by atoms with E-state index in [0.717, 1.165) is 34.0 Å². The highest BCUT2D eigenvalue weighted by Gasteiger charge is 2.29. The Balaban J connectivity index is 1.47. The molecule has 0 fully saturated rings. The molecular weight excluding hydrogens is 423 g/mol. The number of aliphatic imine (C=N–C) groups is 1. The van der Waals surface area contributed by atoms with Gasteiger partial charge in [0.15, 0.2) is 0 Å². The van der Waals surface area contributed by atoms with Crippen LogP contribution in [-0.4, -0.2) is 37.0 Å². The van der Waals surface area contributed by atoms with Gasteiger partial charge in [0, 0.05) is 16.5 Å². The van der Waals surface area contributed by atoms with E-state index in [4.69, 9.17) is 32.9 Å². The monoisotopic (exact) mass is 436 g/mol. The van der Waals surface area contributed by atoms with Crippen molar-refractivity contribution in [1.29, 1.82) is 0 Å². The first kappa shape index (κ1) is 17.7. The van der Waals surface area contributed by atoms with Crippen LogP contribution in [0.25, 0.3) is 11.4 Å². The topological polar surface area (TPSA) is 70.1 Å². The van der Waals surface area contributed by atoms with Crippen molar-refractivity contribution in [3.8, 4) is 11.4 Å². The van der Waals surface area contributed by atoms with Gasteiger partial charge in [-0.1, -0.05) is 40.5 Å². The number of ether oxygens (including phenoxy) is 1. The van der Waals surface area contributed by atoms with Crippen LogP contribution in [0.4, 0.5) is 0 Å². The third-order valence-corrected chi connectivity index (χ3v) is 5.82. The number of imidazole rings is 1. The standard InChI is InChI=1S/C21H14Cl2N6O/c22-13-3-1-2-12(6-13)16-10-30-21(26-16)20-19-8-15-9-25-27-29(15)18-7-14(23)4-5-17(18)28(19)11-24-20/h1-7,9,11,16H,8,10H2/t16-/m0/s1. The number of hydrogen-bond donors (Lipinski definition) is 0. The maximum Gasteiger partial charge on any atom is 0.238 e. The van der Waals surface area contributed by atoms with Crippen LogP contribution in [0.3, 0.4) is 0 Å². The van der Waals surface area contributed by atoms with E-state index >= 15 is 0 Å². The second-order valence-electron chi connectivity index (χ2n) is 7.17. The first-order valence-electron chi connectivity index (χ1n) is 9.40. The first-order valence-corrected chi connectivity index (χ1v) is 10.2. The molecule has 9 heteroatoms. The average Bonchev–Trinajstić information content (AvgIpc) is 3.47. The molecule has 4 heterocycles. The lowest BCUT2D eigenvalue weighted by Gasteiger charge is -2.10. The van der Waals surface area contributed by atoms with Gasteiger partial charge in [0.05, 0.1) is 29.0 Å². The Bertz CT molecular complexity index is 1320. The van der Waals surface area contributed by atoms with Crippen LogP contribution < -0.4 is 0 Å². The van der Waals surface area contributed by atoms with Gasteiger partial charge in [0.1, 0.15) is 24.7 Å². The van der Waals surface area contributed by atoms with Gasteiger partial charge in [-0.2, -0.15) is 0 Å². The molecule has 0 N–H and O–H groups in total. The lowest BCUT2D eigenvalue weighted by atomic mass is 10.1. The van der Waals surface area contributed by atoms with Crippen LogP contribution in [0, 0.1) is 0 Å². The second-order valence-corrected chi connectivity index (χ2v) is 8.05. The summed E-state index contributed by atoms with van der Waals surface area (Å²) in [6.45, 7) is 0.452. The van der Waals surface area contributed by atoms with Crippen LogP contribution >= 0.6 is 23.2 Å². The number of rotatable bonds is 2. The van der Waals surface area contributed by atoms with E-state index in [-0.39, 0.29) is 6.04 Å². The van der Waals surface area contributed by atoms with E-state index in [1.165, 1.54) is 0 Å². The number of aromatic nitrogens is 5. The zero-order chi connectivity index (χ0) is 20.2. The summed E-state index contributed by atoms with van der Waals surface area (Å²) >= 11 is 12.4. The largest absolute Gasteiger partial charge is 0.474 e. The summed E-state index contributed by atoms with van der Waals surface area (Å²) < 4.78 is 9.81. The van der Waals surface area contributed by atoms with Crippen molar-refractivity contribution >= 4 is 29.1 Å². The minimum atomic E-state index is -0.111. The Hall–Kier alpha value is -3.16. The van der Waals surface area contributed by atoms with Crippen LogP contribution in [0.15, 0.2) is 60.0 Å². The fourth-order valence-corrected chi connectivity index (χ4v) is 4.30. The molecule has 2 aromatic carbocycles. The normalized spacial score (nSPS) is 16.9. The highest BCUT2D eigenvalue weighted by Crippen LogP contribution is 2.33. The molecule has 0 spiro atoms. The minimum absolute atomic E-state index is 0.111. The van der Waals surface area contributed by atoms with Gasteiger partial charge in [0.2, 0.25) is 5.90 Å². The SMILES string of the molecule is Clc1cccc([C@@H]2COC(c3ncn4c3Cc3cnnn3-c3cc(Cl)ccc3-4)=N2)c1. The van der Waals surface area contributed by atoms with Crippen LogP contribution in [0.1, 0.15) is 28.7 Å². The average molecular weight is 437 g/mol. The number of hydrogen-bond acceptors (Lipinski definition) is 5. The van der Waals surface area contributed by atoms with Gasteiger partial charge in [-0.05, 0) is 35.9 Å². The number of fused-ring (bicyclic) bond motifs is 5. The molecule has 148 valence electrons. The first-order chi connectivity index (χ1) is 14.7. The second kappa shape index (κ2) is 6.68. The minimum Gasteiger partial charge on any atom is -0.474 e. The Morgan fingerprint density at radius 1 is 1.03 bits per heavy atom. The van der Waals surface area contributed by atoms with Gasteiger partial charge in [-0.3, -0.25) is 4.57 Å². The van der Waals surface area contributed by atoms with Gasteiger partial charge in [-0.15, -0.1) is 5.10 Å². The predicted molar refractivity (Wildman–Crippen MR) is 113 cm³/mol. The maximum atomic E-state index is 6.25. The van der Waals surface area contributed by atoms with Gasteiger partial charge < -0.3 is 4.74 Å². The van der Waals surface area contributed by atoms with E-state index in [1.54, 1.807) is 12.5 Å². The molecule has 2 aromatic heterocycles. The van der Waals surface area contributed by atoms with E-state index in [0.29, 0.717) is 29.0 Å². The van der Waals surface area contributed by atoms with Crippen molar-refractivity contribution in [3.05, 3.63) is 87.7 Å². The van der Waals surface area contributed by atoms with E-state index in [2.05, 4.69) is 15.3 Å². The molecule has 0 unspecified atom stereocenters. The zero-order valence-corrected chi connectivity index (χ0v) is 17.0. The Kier molecular flexibility index (Phi) is 3.94. The van der Waals surface area contributed by atoms with Gasteiger partial charge >= 0.3 is 0 Å². The van der Waals surface area contributed by atoms with E-state index in [1.807, 2.05) is 51.7 Å². The molecule has 0 amide bonds. The highest BCUT2D eigenvalue weighted by atomic mass is 35.5. The Morgan fingerprint density at radius 3 is 2.83 bits per heavy atom. The van der Waals surface area contributed by atoms with E-state index < -0.39 is 0 Å². The summed E-state index contributed by atoms with van der Waals surface area (Å²) in [5.41, 5.74) is 5.40. The molecule has 0 saturated carbocycles. The molecule has 1 atom stereocenters. The smallest absolute Gasteiger partial charge is 0.238 e. The van der Waals surface area contributed by atoms with Crippen molar-refractivity contribution in [3.63, 3.8) is 0 Å². The quantitative estimate of drug-likeness (QED) is 0.416. The summed E-state index contributed by atoms with van der Waals surface area (Å²) in [5, 5.41) is 9.65. The Labute approximate surface area is 181 Å². The van der Waals surface area contributed by atoms with Crippen LogP contribution in [0.5, 0.6) is 0 Å². The van der Waals surface area contributed by atoms with Crippen LogP contribution in [-0.2, 0) is 11.2 Å². The zero-order valence-electron chi connectivity index (χ0n) is 15.5. The van der Waals surface area contributed by atoms with Crippen LogP contribution in [0.2, 0.25) is 10.0 Å². The molecule has 0 saturated heterocycles. The molecule has 0 bridgehead atoms. The summed E-state index contributed by atoms with van der Waals surface area (Å²) in [4.78, 5) is 9.44. The molecule has 2 aliphatic rings. The van der Waals surface area contributed by atoms with Crippen molar-refractivity contribution in [2.75, 3.05) is 6.61 Å². The third-order valence-electron chi connectivity index (χ3n) is 5.35. The molecule has 4 aromatic rings.